The number of halogens is 2. The van der Waals surface area contributed by atoms with Crippen molar-refractivity contribution in [3.8, 4) is 17.2 Å². The number of benzene rings is 4. The van der Waals surface area contributed by atoms with Crippen LogP contribution in [0, 0.1) is 0 Å². The van der Waals surface area contributed by atoms with Crippen molar-refractivity contribution in [1.82, 2.24) is 5.01 Å². The third-order valence-corrected chi connectivity index (χ3v) is 6.80. The first kappa shape index (κ1) is 21.3. The number of nitrogens with zero attached hydrogens (tertiary/aromatic N) is 2. The molecule has 2 heterocycles. The van der Waals surface area contributed by atoms with Crippen LogP contribution in [0.1, 0.15) is 35.4 Å². The van der Waals surface area contributed by atoms with E-state index in [0.717, 1.165) is 50.5 Å². The molecule has 34 heavy (non-hydrogen) atoms. The van der Waals surface area contributed by atoms with E-state index in [0.29, 0.717) is 5.02 Å². The molecule has 0 fully saturated rings. The zero-order chi connectivity index (χ0) is 23.1. The highest BCUT2D eigenvalue weighted by atomic mass is 79.9. The molecule has 2 aliphatic rings. The van der Waals surface area contributed by atoms with E-state index >= 15 is 0 Å². The minimum atomic E-state index is -0.372. The normalized spacial score (nSPS) is 18.5. The molecule has 4 aromatic rings. The van der Waals surface area contributed by atoms with Crippen molar-refractivity contribution < 1.29 is 9.47 Å². The third kappa shape index (κ3) is 4.06. The van der Waals surface area contributed by atoms with Crippen LogP contribution < -0.4 is 9.47 Å². The number of hydrogen-bond donors (Lipinski definition) is 0. The Hall–Kier alpha value is -3.28. The van der Waals surface area contributed by atoms with Gasteiger partial charge in [-0.1, -0.05) is 70.0 Å². The van der Waals surface area contributed by atoms with E-state index in [1.165, 1.54) is 0 Å². The van der Waals surface area contributed by atoms with Gasteiger partial charge in [-0.2, -0.15) is 5.10 Å². The van der Waals surface area contributed by atoms with Gasteiger partial charge in [0.25, 0.3) is 0 Å². The quantitative estimate of drug-likeness (QED) is 0.266. The summed E-state index contributed by atoms with van der Waals surface area (Å²) in [7, 11) is 0. The maximum atomic E-state index is 6.52. The Balaban J connectivity index is 1.39. The summed E-state index contributed by atoms with van der Waals surface area (Å²) in [6.07, 6.45) is 0.410. The molecule has 4 aromatic carbocycles. The predicted octanol–water partition coefficient (Wildman–Crippen LogP) is 8.14. The molecule has 0 radical (unpaired) electrons. The fourth-order valence-electron chi connectivity index (χ4n) is 4.45. The van der Waals surface area contributed by atoms with Gasteiger partial charge in [-0.05, 0) is 60.2 Å². The number of hydrazone groups is 1. The van der Waals surface area contributed by atoms with Gasteiger partial charge < -0.3 is 9.47 Å². The largest absolute Gasteiger partial charge is 0.464 e. The number of para-hydroxylation sites is 1. The number of rotatable bonds is 4. The Morgan fingerprint density at radius 2 is 1.68 bits per heavy atom. The molecule has 0 aromatic heterocycles. The molecule has 0 N–H and O–H groups in total. The minimum absolute atomic E-state index is 0.0654. The maximum absolute atomic E-state index is 6.52. The summed E-state index contributed by atoms with van der Waals surface area (Å²) in [4.78, 5) is 0. The molecule has 168 valence electrons. The molecule has 0 saturated heterocycles. The number of hydrogen-bond acceptors (Lipinski definition) is 4. The van der Waals surface area contributed by atoms with Gasteiger partial charge in [-0.3, -0.25) is 0 Å². The Bertz CT molecular complexity index is 1380. The maximum Gasteiger partial charge on any atom is 0.214 e. The zero-order valence-corrected chi connectivity index (χ0v) is 20.4. The van der Waals surface area contributed by atoms with Crippen molar-refractivity contribution in [3.63, 3.8) is 0 Å². The summed E-state index contributed by atoms with van der Waals surface area (Å²) in [5, 5.41) is 7.82. The summed E-state index contributed by atoms with van der Waals surface area (Å²) in [6.45, 7) is 0. The van der Waals surface area contributed by atoms with Crippen LogP contribution in [0.5, 0.6) is 17.2 Å². The lowest BCUT2D eigenvalue weighted by Gasteiger charge is -2.38. The van der Waals surface area contributed by atoms with Gasteiger partial charge in [-0.15, -0.1) is 0 Å². The van der Waals surface area contributed by atoms with Crippen LogP contribution in [0.2, 0.25) is 5.02 Å². The Morgan fingerprint density at radius 1 is 0.882 bits per heavy atom. The molecule has 0 aliphatic carbocycles. The predicted molar refractivity (Wildman–Crippen MR) is 138 cm³/mol. The lowest BCUT2D eigenvalue weighted by molar-refractivity contribution is -0.0191. The SMILES string of the molecule is Clc1ccc(C2=NN3[C@H](C2)c2cc(Br)ccc2O[C@H]3c2cccc(Oc3ccccc3)c2)cc1. The molecule has 0 unspecified atom stereocenters. The topological polar surface area (TPSA) is 34.1 Å². The molecule has 0 bridgehead atoms. The van der Waals surface area contributed by atoms with E-state index in [2.05, 4.69) is 33.1 Å². The molecule has 6 rings (SSSR count). The van der Waals surface area contributed by atoms with E-state index in [4.69, 9.17) is 26.2 Å². The summed E-state index contributed by atoms with van der Waals surface area (Å²) < 4.78 is 13.6. The standard InChI is InChI=1S/C28H20BrClN2O2/c29-20-11-14-27-24(16-20)26-17-25(18-9-12-21(30)13-10-18)31-32(26)28(34-27)19-5-4-8-23(15-19)33-22-6-2-1-3-7-22/h1-16,26,28H,17H2/t26-,28+/m1/s1. The van der Waals surface area contributed by atoms with Crippen LogP contribution in [0.25, 0.3) is 0 Å². The van der Waals surface area contributed by atoms with Crippen LogP contribution in [-0.4, -0.2) is 10.7 Å². The second-order valence-electron chi connectivity index (χ2n) is 8.29. The highest BCUT2D eigenvalue weighted by molar-refractivity contribution is 9.10. The third-order valence-electron chi connectivity index (χ3n) is 6.05. The molecular weight excluding hydrogens is 512 g/mol. The summed E-state index contributed by atoms with van der Waals surface area (Å²) in [5.74, 6) is 2.42. The molecule has 2 atom stereocenters. The van der Waals surface area contributed by atoms with Crippen molar-refractivity contribution in [1.29, 1.82) is 0 Å². The molecule has 0 saturated carbocycles. The smallest absolute Gasteiger partial charge is 0.214 e. The Morgan fingerprint density at radius 3 is 2.50 bits per heavy atom. The number of ether oxygens (including phenoxy) is 2. The van der Waals surface area contributed by atoms with E-state index in [1.807, 2.05) is 84.9 Å². The lowest BCUT2D eigenvalue weighted by Crippen LogP contribution is -2.33. The summed E-state index contributed by atoms with van der Waals surface area (Å²) in [5.41, 5.74) is 4.18. The number of fused-ring (bicyclic) bond motifs is 3. The first-order valence-electron chi connectivity index (χ1n) is 11.0. The van der Waals surface area contributed by atoms with Gasteiger partial charge >= 0.3 is 0 Å². The molecule has 0 spiro atoms. The van der Waals surface area contributed by atoms with Crippen LogP contribution in [0.15, 0.2) is 107 Å². The lowest BCUT2D eigenvalue weighted by atomic mass is 9.96. The van der Waals surface area contributed by atoms with Gasteiger partial charge in [-0.25, -0.2) is 5.01 Å². The average molecular weight is 532 g/mol. The van der Waals surface area contributed by atoms with E-state index in [-0.39, 0.29) is 12.3 Å². The van der Waals surface area contributed by atoms with E-state index in [9.17, 15) is 0 Å². The van der Waals surface area contributed by atoms with Crippen LogP contribution >= 0.6 is 27.5 Å². The van der Waals surface area contributed by atoms with E-state index in [1.54, 1.807) is 0 Å². The molecule has 4 nitrogen and oxygen atoms in total. The molecule has 2 aliphatic heterocycles. The first-order valence-corrected chi connectivity index (χ1v) is 12.2. The van der Waals surface area contributed by atoms with Crippen molar-refractivity contribution in [2.24, 2.45) is 5.10 Å². The van der Waals surface area contributed by atoms with Crippen molar-refractivity contribution in [3.05, 3.63) is 123 Å². The van der Waals surface area contributed by atoms with Gasteiger partial charge in [0.2, 0.25) is 6.23 Å². The second-order valence-corrected chi connectivity index (χ2v) is 9.65. The van der Waals surface area contributed by atoms with Gasteiger partial charge in [0.05, 0.1) is 11.8 Å². The molecular formula is C28H20BrClN2O2. The summed E-state index contributed by atoms with van der Waals surface area (Å²) >= 11 is 9.73. The Kier molecular flexibility index (Phi) is 5.52. The second kappa shape index (κ2) is 8.82. The fraction of sp³-hybridized carbons (Fsp3) is 0.107. The van der Waals surface area contributed by atoms with Crippen LogP contribution in [0.4, 0.5) is 0 Å². The van der Waals surface area contributed by atoms with Crippen molar-refractivity contribution in [2.75, 3.05) is 0 Å². The zero-order valence-electron chi connectivity index (χ0n) is 18.1. The van der Waals surface area contributed by atoms with Crippen molar-refractivity contribution in [2.45, 2.75) is 18.7 Å². The van der Waals surface area contributed by atoms with Gasteiger partial charge in [0.15, 0.2) is 0 Å². The van der Waals surface area contributed by atoms with Gasteiger partial charge in [0, 0.05) is 27.0 Å². The van der Waals surface area contributed by atoms with Gasteiger partial charge in [0.1, 0.15) is 17.2 Å². The monoisotopic (exact) mass is 530 g/mol. The Labute approximate surface area is 211 Å². The fourth-order valence-corrected chi connectivity index (χ4v) is 4.96. The van der Waals surface area contributed by atoms with Crippen LogP contribution in [0.3, 0.4) is 0 Å². The van der Waals surface area contributed by atoms with E-state index < -0.39 is 0 Å². The minimum Gasteiger partial charge on any atom is -0.464 e. The highest BCUT2D eigenvalue weighted by Gasteiger charge is 2.41. The van der Waals surface area contributed by atoms with Crippen LogP contribution in [-0.2, 0) is 0 Å². The first-order chi connectivity index (χ1) is 16.6. The summed E-state index contributed by atoms with van der Waals surface area (Å²) in [6, 6.07) is 31.9. The highest BCUT2D eigenvalue weighted by Crippen LogP contribution is 2.48. The van der Waals surface area contributed by atoms with Crippen molar-refractivity contribution >= 4 is 33.2 Å². The molecule has 6 heteroatoms. The average Bonchev–Trinajstić information content (AvgIpc) is 3.31. The molecule has 0 amide bonds.